The summed E-state index contributed by atoms with van der Waals surface area (Å²) in [5.74, 6) is 0.455. The normalized spacial score (nSPS) is 21.1. The quantitative estimate of drug-likeness (QED) is 0.845. The Balaban J connectivity index is 1.76. The molecule has 2 amide bonds. The van der Waals surface area contributed by atoms with Crippen LogP contribution in [-0.4, -0.2) is 46.6 Å². The van der Waals surface area contributed by atoms with Gasteiger partial charge in [0.05, 0.1) is 5.92 Å². The SMILES string of the molecule is O=C(O)N1CCC(C(=O)N2CCc3cc(Br)cnc32)C1. The predicted octanol–water partition coefficient (Wildman–Crippen LogP) is 1.73. The highest BCUT2D eigenvalue weighted by Gasteiger charge is 2.36. The molecule has 106 valence electrons. The molecule has 1 aromatic heterocycles. The van der Waals surface area contributed by atoms with E-state index in [-0.39, 0.29) is 18.4 Å². The van der Waals surface area contributed by atoms with E-state index in [4.69, 9.17) is 5.11 Å². The van der Waals surface area contributed by atoms with E-state index in [1.807, 2.05) is 6.07 Å². The van der Waals surface area contributed by atoms with Crippen LogP contribution in [-0.2, 0) is 11.2 Å². The van der Waals surface area contributed by atoms with Crippen LogP contribution < -0.4 is 4.90 Å². The molecule has 1 fully saturated rings. The molecular formula is C13H14BrN3O3. The van der Waals surface area contributed by atoms with Crippen LogP contribution >= 0.6 is 15.9 Å². The molecule has 0 radical (unpaired) electrons. The number of carbonyl (C=O) groups is 2. The standard InChI is InChI=1S/C13H14BrN3O3/c14-10-5-8-2-4-17(11(8)15-6-10)12(18)9-1-3-16(7-9)13(19)20/h5-6,9H,1-4,7H2,(H,19,20). The van der Waals surface area contributed by atoms with E-state index in [0.717, 1.165) is 16.5 Å². The Kier molecular flexibility index (Phi) is 3.37. The second-order valence-electron chi connectivity index (χ2n) is 5.09. The van der Waals surface area contributed by atoms with E-state index in [9.17, 15) is 9.59 Å². The highest BCUT2D eigenvalue weighted by atomic mass is 79.9. The summed E-state index contributed by atoms with van der Waals surface area (Å²) in [5.41, 5.74) is 1.06. The molecule has 1 saturated heterocycles. The average molecular weight is 340 g/mol. The molecule has 6 nitrogen and oxygen atoms in total. The molecule has 0 saturated carbocycles. The van der Waals surface area contributed by atoms with E-state index in [2.05, 4.69) is 20.9 Å². The van der Waals surface area contributed by atoms with Crippen molar-refractivity contribution >= 4 is 33.7 Å². The first-order valence-corrected chi connectivity index (χ1v) is 7.29. The van der Waals surface area contributed by atoms with Crippen LogP contribution in [0.5, 0.6) is 0 Å². The minimum atomic E-state index is -0.954. The molecule has 1 N–H and O–H groups in total. The number of hydrogen-bond acceptors (Lipinski definition) is 3. The topological polar surface area (TPSA) is 73.7 Å². The lowest BCUT2D eigenvalue weighted by Crippen LogP contribution is -2.37. The lowest BCUT2D eigenvalue weighted by molar-refractivity contribution is -0.121. The number of fused-ring (bicyclic) bond motifs is 1. The summed E-state index contributed by atoms with van der Waals surface area (Å²) >= 11 is 3.37. The third kappa shape index (κ3) is 2.26. The molecule has 3 heterocycles. The Labute approximate surface area is 124 Å². The molecule has 20 heavy (non-hydrogen) atoms. The number of carboxylic acid groups (broad SMARTS) is 1. The third-order valence-corrected chi connectivity index (χ3v) is 4.28. The lowest BCUT2D eigenvalue weighted by Gasteiger charge is -2.20. The minimum Gasteiger partial charge on any atom is -0.465 e. The number of carbonyl (C=O) groups excluding carboxylic acids is 1. The number of rotatable bonds is 1. The molecule has 0 spiro atoms. The zero-order valence-corrected chi connectivity index (χ0v) is 12.3. The van der Waals surface area contributed by atoms with Crippen molar-refractivity contribution < 1.29 is 14.7 Å². The molecule has 1 aromatic rings. The number of anilines is 1. The van der Waals surface area contributed by atoms with Crippen LogP contribution in [0.1, 0.15) is 12.0 Å². The molecule has 3 rings (SSSR count). The maximum absolute atomic E-state index is 12.5. The van der Waals surface area contributed by atoms with E-state index in [1.165, 1.54) is 4.90 Å². The Morgan fingerprint density at radius 3 is 2.90 bits per heavy atom. The van der Waals surface area contributed by atoms with Crippen molar-refractivity contribution in [3.63, 3.8) is 0 Å². The maximum atomic E-state index is 12.5. The fourth-order valence-electron chi connectivity index (χ4n) is 2.81. The van der Waals surface area contributed by atoms with Gasteiger partial charge in [-0.3, -0.25) is 9.69 Å². The summed E-state index contributed by atoms with van der Waals surface area (Å²) in [4.78, 5) is 30.7. The van der Waals surface area contributed by atoms with Gasteiger partial charge in [-0.25, -0.2) is 9.78 Å². The molecular weight excluding hydrogens is 326 g/mol. The van der Waals surface area contributed by atoms with Crippen LogP contribution in [0.2, 0.25) is 0 Å². The maximum Gasteiger partial charge on any atom is 0.407 e. The number of hydrogen-bond donors (Lipinski definition) is 1. The molecule has 1 atom stereocenters. The fourth-order valence-corrected chi connectivity index (χ4v) is 3.19. The number of halogens is 1. The van der Waals surface area contributed by atoms with Crippen molar-refractivity contribution in [2.24, 2.45) is 5.92 Å². The molecule has 0 bridgehead atoms. The predicted molar refractivity (Wildman–Crippen MR) is 75.7 cm³/mol. The summed E-state index contributed by atoms with van der Waals surface area (Å²) in [5, 5.41) is 8.95. The Bertz CT molecular complexity index is 578. The smallest absolute Gasteiger partial charge is 0.407 e. The zero-order valence-electron chi connectivity index (χ0n) is 10.8. The monoisotopic (exact) mass is 339 g/mol. The Hall–Kier alpha value is -1.63. The number of pyridine rings is 1. The van der Waals surface area contributed by atoms with Crippen molar-refractivity contribution in [1.29, 1.82) is 0 Å². The molecule has 2 aliphatic rings. The van der Waals surface area contributed by atoms with Gasteiger partial charge in [-0.05, 0) is 40.4 Å². The van der Waals surface area contributed by atoms with E-state index >= 15 is 0 Å². The van der Waals surface area contributed by atoms with Gasteiger partial charge in [-0.2, -0.15) is 0 Å². The Morgan fingerprint density at radius 2 is 2.20 bits per heavy atom. The van der Waals surface area contributed by atoms with Gasteiger partial charge in [0.15, 0.2) is 0 Å². The highest BCUT2D eigenvalue weighted by molar-refractivity contribution is 9.10. The van der Waals surface area contributed by atoms with Gasteiger partial charge >= 0.3 is 6.09 Å². The van der Waals surface area contributed by atoms with E-state index in [0.29, 0.717) is 25.3 Å². The first-order chi connectivity index (χ1) is 9.56. The molecule has 7 heteroatoms. The summed E-state index contributed by atoms with van der Waals surface area (Å²) in [6, 6.07) is 1.98. The fraction of sp³-hybridized carbons (Fsp3) is 0.462. The van der Waals surface area contributed by atoms with Crippen LogP contribution in [0, 0.1) is 5.92 Å². The van der Waals surface area contributed by atoms with Crippen molar-refractivity contribution in [2.75, 3.05) is 24.5 Å². The van der Waals surface area contributed by atoms with Gasteiger partial charge in [0.2, 0.25) is 5.91 Å². The zero-order chi connectivity index (χ0) is 14.3. The first-order valence-electron chi connectivity index (χ1n) is 6.50. The van der Waals surface area contributed by atoms with Crippen LogP contribution in [0.25, 0.3) is 0 Å². The molecule has 0 aromatic carbocycles. The largest absolute Gasteiger partial charge is 0.465 e. The van der Waals surface area contributed by atoms with Crippen molar-refractivity contribution in [1.82, 2.24) is 9.88 Å². The van der Waals surface area contributed by atoms with Gasteiger partial charge in [-0.1, -0.05) is 0 Å². The second kappa shape index (κ2) is 5.05. The van der Waals surface area contributed by atoms with Crippen LogP contribution in [0.3, 0.4) is 0 Å². The van der Waals surface area contributed by atoms with Crippen molar-refractivity contribution in [2.45, 2.75) is 12.8 Å². The number of likely N-dealkylation sites (tertiary alicyclic amines) is 1. The average Bonchev–Trinajstić information content (AvgIpc) is 3.04. The van der Waals surface area contributed by atoms with E-state index in [1.54, 1.807) is 11.1 Å². The summed E-state index contributed by atoms with van der Waals surface area (Å²) in [7, 11) is 0. The van der Waals surface area contributed by atoms with Crippen molar-refractivity contribution in [3.05, 3.63) is 22.3 Å². The number of amides is 2. The first kappa shape index (κ1) is 13.4. The molecule has 0 aliphatic carbocycles. The van der Waals surface area contributed by atoms with Gasteiger partial charge in [0.25, 0.3) is 0 Å². The second-order valence-corrected chi connectivity index (χ2v) is 6.01. The highest BCUT2D eigenvalue weighted by Crippen LogP contribution is 2.30. The van der Waals surface area contributed by atoms with Gasteiger partial charge in [0.1, 0.15) is 5.82 Å². The summed E-state index contributed by atoms with van der Waals surface area (Å²) in [6.45, 7) is 1.35. The van der Waals surface area contributed by atoms with Gasteiger partial charge in [0, 0.05) is 30.3 Å². The van der Waals surface area contributed by atoms with E-state index < -0.39 is 6.09 Å². The van der Waals surface area contributed by atoms with Crippen molar-refractivity contribution in [3.8, 4) is 0 Å². The summed E-state index contributed by atoms with van der Waals surface area (Å²) in [6.07, 6.45) is 2.11. The third-order valence-electron chi connectivity index (χ3n) is 3.84. The van der Waals surface area contributed by atoms with Crippen LogP contribution in [0.15, 0.2) is 16.7 Å². The minimum absolute atomic E-state index is 0.0117. The Morgan fingerprint density at radius 1 is 1.40 bits per heavy atom. The van der Waals surface area contributed by atoms with Crippen LogP contribution in [0.4, 0.5) is 10.6 Å². The molecule has 1 unspecified atom stereocenters. The van der Waals surface area contributed by atoms with Gasteiger partial charge < -0.3 is 10.0 Å². The van der Waals surface area contributed by atoms with Gasteiger partial charge in [-0.15, -0.1) is 0 Å². The summed E-state index contributed by atoms with van der Waals surface area (Å²) < 4.78 is 0.906. The lowest BCUT2D eigenvalue weighted by atomic mass is 10.1. The number of nitrogens with zero attached hydrogens (tertiary/aromatic N) is 3. The number of aromatic nitrogens is 1. The molecule has 2 aliphatic heterocycles.